The second kappa shape index (κ2) is 6.29. The molecule has 18 heavy (non-hydrogen) atoms. The molecule has 0 bridgehead atoms. The van der Waals surface area contributed by atoms with Crippen LogP contribution in [0.25, 0.3) is 0 Å². The maximum Gasteiger partial charge on any atom is 0.240 e. The number of amides is 1. The van der Waals surface area contributed by atoms with Crippen LogP contribution >= 0.6 is 11.8 Å². The molecule has 0 aliphatic heterocycles. The third-order valence-electron chi connectivity index (χ3n) is 4.35. The summed E-state index contributed by atoms with van der Waals surface area (Å²) in [6.45, 7) is 2.19. The predicted molar refractivity (Wildman–Crippen MR) is 77.7 cm³/mol. The number of nitrogens with two attached hydrogens (primary N) is 1. The SMILES string of the molecule is CCSC1CCCC1NC(=O)C1(N)CCCCC1. The van der Waals surface area contributed by atoms with Gasteiger partial charge in [-0.1, -0.05) is 32.6 Å². The molecule has 0 spiro atoms. The fraction of sp³-hybridized carbons (Fsp3) is 0.929. The summed E-state index contributed by atoms with van der Waals surface area (Å²) in [5.74, 6) is 1.24. The minimum absolute atomic E-state index is 0.107. The minimum Gasteiger partial charge on any atom is -0.351 e. The highest BCUT2D eigenvalue weighted by Gasteiger charge is 2.38. The normalized spacial score (nSPS) is 31.2. The van der Waals surface area contributed by atoms with Crippen molar-refractivity contribution in [3.8, 4) is 0 Å². The highest BCUT2D eigenvalue weighted by molar-refractivity contribution is 7.99. The molecule has 0 saturated heterocycles. The van der Waals surface area contributed by atoms with Crippen LogP contribution in [0.1, 0.15) is 58.3 Å². The molecule has 1 amide bonds. The lowest BCUT2D eigenvalue weighted by molar-refractivity contribution is -0.128. The lowest BCUT2D eigenvalue weighted by atomic mass is 9.81. The monoisotopic (exact) mass is 270 g/mol. The van der Waals surface area contributed by atoms with Crippen LogP contribution < -0.4 is 11.1 Å². The molecule has 3 nitrogen and oxygen atoms in total. The second-order valence-corrected chi connectivity index (χ2v) is 7.24. The van der Waals surface area contributed by atoms with E-state index in [0.29, 0.717) is 11.3 Å². The van der Waals surface area contributed by atoms with E-state index in [-0.39, 0.29) is 5.91 Å². The van der Waals surface area contributed by atoms with Gasteiger partial charge in [-0.15, -0.1) is 0 Å². The van der Waals surface area contributed by atoms with E-state index in [1.165, 1.54) is 19.3 Å². The Kier molecular flexibility index (Phi) is 4.96. The molecule has 104 valence electrons. The lowest BCUT2D eigenvalue weighted by Gasteiger charge is -2.34. The molecule has 2 aliphatic carbocycles. The number of carbonyl (C=O) groups excluding carboxylic acids is 1. The summed E-state index contributed by atoms with van der Waals surface area (Å²) in [6.07, 6.45) is 8.74. The van der Waals surface area contributed by atoms with Gasteiger partial charge < -0.3 is 11.1 Å². The molecule has 0 aromatic rings. The molecule has 2 unspecified atom stereocenters. The molecule has 0 radical (unpaired) electrons. The van der Waals surface area contributed by atoms with Crippen molar-refractivity contribution in [2.75, 3.05) is 5.75 Å². The zero-order valence-corrected chi connectivity index (χ0v) is 12.2. The van der Waals surface area contributed by atoms with Crippen molar-refractivity contribution in [2.24, 2.45) is 5.73 Å². The fourth-order valence-electron chi connectivity index (χ4n) is 3.23. The van der Waals surface area contributed by atoms with Gasteiger partial charge in [0, 0.05) is 11.3 Å². The molecule has 3 N–H and O–H groups in total. The van der Waals surface area contributed by atoms with Gasteiger partial charge >= 0.3 is 0 Å². The highest BCUT2D eigenvalue weighted by Crippen LogP contribution is 2.31. The molecular formula is C14H26N2OS. The maximum atomic E-state index is 12.4. The first kappa shape index (κ1) is 14.2. The van der Waals surface area contributed by atoms with Gasteiger partial charge in [0.1, 0.15) is 0 Å². The molecule has 2 aliphatic rings. The Balaban J connectivity index is 1.89. The standard InChI is InChI=1S/C14H26N2OS/c1-2-18-12-8-6-7-11(12)16-13(17)14(15)9-4-3-5-10-14/h11-12H,2-10,15H2,1H3,(H,16,17). The quantitative estimate of drug-likeness (QED) is 0.825. The molecule has 2 fully saturated rings. The minimum atomic E-state index is -0.581. The number of carbonyl (C=O) groups is 1. The van der Waals surface area contributed by atoms with E-state index < -0.39 is 5.54 Å². The average molecular weight is 270 g/mol. The molecule has 4 heteroatoms. The van der Waals surface area contributed by atoms with Gasteiger partial charge in [0.15, 0.2) is 0 Å². The van der Waals surface area contributed by atoms with Crippen LogP contribution in [0, 0.1) is 0 Å². The largest absolute Gasteiger partial charge is 0.351 e. The van der Waals surface area contributed by atoms with Crippen molar-refractivity contribution < 1.29 is 4.79 Å². The van der Waals surface area contributed by atoms with Crippen LogP contribution in [0.5, 0.6) is 0 Å². The van der Waals surface area contributed by atoms with Gasteiger partial charge in [0.2, 0.25) is 5.91 Å². The van der Waals surface area contributed by atoms with Gasteiger partial charge in [-0.2, -0.15) is 11.8 Å². The lowest BCUT2D eigenvalue weighted by Crippen LogP contribution is -2.57. The Hall–Kier alpha value is -0.220. The van der Waals surface area contributed by atoms with Crippen LogP contribution in [-0.2, 0) is 4.79 Å². The van der Waals surface area contributed by atoms with Crippen molar-refractivity contribution in [3.63, 3.8) is 0 Å². The predicted octanol–water partition coefficient (Wildman–Crippen LogP) is 2.44. The van der Waals surface area contributed by atoms with Crippen molar-refractivity contribution >= 4 is 17.7 Å². The molecule has 2 atom stereocenters. The van der Waals surface area contributed by atoms with Crippen LogP contribution in [0.3, 0.4) is 0 Å². The first-order valence-electron chi connectivity index (χ1n) is 7.37. The number of hydrogen-bond donors (Lipinski definition) is 2. The number of thioether (sulfide) groups is 1. The zero-order chi connectivity index (χ0) is 13.0. The van der Waals surface area contributed by atoms with Gasteiger partial charge in [0.25, 0.3) is 0 Å². The van der Waals surface area contributed by atoms with Gasteiger partial charge in [-0.3, -0.25) is 4.79 Å². The van der Waals surface area contributed by atoms with Crippen molar-refractivity contribution in [2.45, 2.75) is 75.1 Å². The Morgan fingerprint density at radius 1 is 1.28 bits per heavy atom. The third kappa shape index (κ3) is 3.21. The summed E-state index contributed by atoms with van der Waals surface area (Å²) in [6, 6.07) is 0.352. The van der Waals surface area contributed by atoms with E-state index in [2.05, 4.69) is 12.2 Å². The summed E-state index contributed by atoms with van der Waals surface area (Å²) in [5, 5.41) is 3.84. The first-order valence-corrected chi connectivity index (χ1v) is 8.42. The molecular weight excluding hydrogens is 244 g/mol. The average Bonchev–Trinajstić information content (AvgIpc) is 2.78. The fourth-order valence-corrected chi connectivity index (χ4v) is 4.42. The van der Waals surface area contributed by atoms with Crippen molar-refractivity contribution in [1.82, 2.24) is 5.32 Å². The van der Waals surface area contributed by atoms with E-state index in [9.17, 15) is 4.79 Å². The summed E-state index contributed by atoms with van der Waals surface area (Å²) in [7, 11) is 0. The molecule has 2 saturated carbocycles. The Morgan fingerprint density at radius 2 is 2.00 bits per heavy atom. The molecule has 2 rings (SSSR count). The van der Waals surface area contributed by atoms with E-state index in [0.717, 1.165) is 37.9 Å². The Bertz CT molecular complexity index is 290. The van der Waals surface area contributed by atoms with Crippen LogP contribution in [-0.4, -0.2) is 28.5 Å². The van der Waals surface area contributed by atoms with Crippen LogP contribution in [0.2, 0.25) is 0 Å². The highest BCUT2D eigenvalue weighted by atomic mass is 32.2. The smallest absolute Gasteiger partial charge is 0.240 e. The van der Waals surface area contributed by atoms with E-state index in [1.54, 1.807) is 0 Å². The van der Waals surface area contributed by atoms with Crippen molar-refractivity contribution in [1.29, 1.82) is 0 Å². The van der Waals surface area contributed by atoms with Crippen LogP contribution in [0.15, 0.2) is 0 Å². The number of rotatable bonds is 4. The zero-order valence-electron chi connectivity index (χ0n) is 11.4. The Morgan fingerprint density at radius 3 is 2.67 bits per heavy atom. The summed E-state index contributed by atoms with van der Waals surface area (Å²) in [4.78, 5) is 12.4. The van der Waals surface area contributed by atoms with E-state index in [4.69, 9.17) is 5.73 Å². The number of nitrogens with one attached hydrogen (secondary N) is 1. The van der Waals surface area contributed by atoms with E-state index >= 15 is 0 Å². The van der Waals surface area contributed by atoms with Gasteiger partial charge in [0.05, 0.1) is 5.54 Å². The van der Waals surface area contributed by atoms with Crippen molar-refractivity contribution in [3.05, 3.63) is 0 Å². The summed E-state index contributed by atoms with van der Waals surface area (Å²) >= 11 is 1.98. The third-order valence-corrected chi connectivity index (χ3v) is 5.67. The van der Waals surface area contributed by atoms with Gasteiger partial charge in [-0.25, -0.2) is 0 Å². The molecule has 0 aromatic carbocycles. The molecule has 0 heterocycles. The number of hydrogen-bond acceptors (Lipinski definition) is 3. The first-order chi connectivity index (χ1) is 8.65. The van der Waals surface area contributed by atoms with Gasteiger partial charge in [-0.05, 0) is 31.4 Å². The van der Waals surface area contributed by atoms with Crippen LogP contribution in [0.4, 0.5) is 0 Å². The second-order valence-electron chi connectivity index (χ2n) is 5.72. The Labute approximate surface area is 115 Å². The summed E-state index contributed by atoms with van der Waals surface area (Å²) in [5.41, 5.74) is 5.70. The maximum absolute atomic E-state index is 12.4. The van der Waals surface area contributed by atoms with E-state index in [1.807, 2.05) is 11.8 Å². The topological polar surface area (TPSA) is 55.1 Å². The summed E-state index contributed by atoms with van der Waals surface area (Å²) < 4.78 is 0. The molecule has 0 aromatic heterocycles.